The summed E-state index contributed by atoms with van der Waals surface area (Å²) in [5.74, 6) is -1.10. The minimum absolute atomic E-state index is 0.296. The number of carbonyl (C=O) groups is 2. The Labute approximate surface area is 165 Å². The molecule has 1 aliphatic heterocycles. The lowest BCUT2D eigenvalue weighted by molar-refractivity contribution is -0.146. The van der Waals surface area contributed by atoms with E-state index in [1.54, 1.807) is 36.6 Å². The molecule has 0 bridgehead atoms. The van der Waals surface area contributed by atoms with E-state index in [-0.39, 0.29) is 11.7 Å². The van der Waals surface area contributed by atoms with Crippen molar-refractivity contribution in [2.75, 3.05) is 13.7 Å². The van der Waals surface area contributed by atoms with Crippen molar-refractivity contribution < 1.29 is 18.7 Å². The lowest BCUT2D eigenvalue weighted by atomic mass is 9.99. The molecular formula is C20H18FN3O3S. The number of carbonyl (C=O) groups excluding carboxylic acids is 2. The van der Waals surface area contributed by atoms with Gasteiger partial charge in [-0.1, -0.05) is 0 Å². The van der Waals surface area contributed by atoms with E-state index in [4.69, 9.17) is 4.74 Å². The summed E-state index contributed by atoms with van der Waals surface area (Å²) in [6.07, 6.45) is 0.689. The van der Waals surface area contributed by atoms with Crippen molar-refractivity contribution in [1.82, 2.24) is 14.7 Å². The Kier molecular flexibility index (Phi) is 4.72. The molecule has 2 aromatic heterocycles. The molecule has 0 radical (unpaired) electrons. The molecule has 3 aromatic rings. The van der Waals surface area contributed by atoms with Gasteiger partial charge in [0.1, 0.15) is 11.5 Å². The molecule has 4 rings (SSSR count). The summed E-state index contributed by atoms with van der Waals surface area (Å²) in [5, 5.41) is 6.31. The summed E-state index contributed by atoms with van der Waals surface area (Å²) in [4.78, 5) is 28.4. The number of rotatable bonds is 3. The normalized spacial score (nSPS) is 16.0. The van der Waals surface area contributed by atoms with Gasteiger partial charge in [-0.25, -0.2) is 9.18 Å². The number of hydrogen-bond acceptors (Lipinski definition) is 5. The monoisotopic (exact) mass is 399 g/mol. The summed E-state index contributed by atoms with van der Waals surface area (Å²) < 4.78 is 19.6. The highest BCUT2D eigenvalue weighted by Gasteiger charge is 2.38. The summed E-state index contributed by atoms with van der Waals surface area (Å²) in [6, 6.07) is 8.69. The number of fused-ring (bicyclic) bond motifs is 1. The quantitative estimate of drug-likeness (QED) is 0.635. The van der Waals surface area contributed by atoms with Crippen LogP contribution in [0.25, 0.3) is 11.3 Å². The Morgan fingerprint density at radius 1 is 1.25 bits per heavy atom. The van der Waals surface area contributed by atoms with Gasteiger partial charge >= 0.3 is 5.97 Å². The second kappa shape index (κ2) is 7.20. The Balaban J connectivity index is 1.69. The first-order valence-electron chi connectivity index (χ1n) is 8.74. The van der Waals surface area contributed by atoms with E-state index in [0.29, 0.717) is 29.9 Å². The van der Waals surface area contributed by atoms with Crippen molar-refractivity contribution in [3.8, 4) is 11.3 Å². The molecule has 1 aromatic carbocycles. The molecule has 0 N–H and O–H groups in total. The van der Waals surface area contributed by atoms with Gasteiger partial charge in [0.15, 0.2) is 6.04 Å². The van der Waals surface area contributed by atoms with Crippen LogP contribution in [0.1, 0.15) is 27.0 Å². The van der Waals surface area contributed by atoms with Crippen LogP contribution in [0.4, 0.5) is 4.39 Å². The number of nitrogens with zero attached hydrogens (tertiary/aromatic N) is 3. The predicted molar refractivity (Wildman–Crippen MR) is 102 cm³/mol. The van der Waals surface area contributed by atoms with Gasteiger partial charge in [-0.2, -0.15) is 5.10 Å². The maximum Gasteiger partial charge on any atom is 0.333 e. The molecule has 3 heterocycles. The second-order valence-electron chi connectivity index (χ2n) is 6.52. The maximum atomic E-state index is 13.3. The van der Waals surface area contributed by atoms with Gasteiger partial charge < -0.3 is 9.64 Å². The second-order valence-corrected chi connectivity index (χ2v) is 7.52. The molecule has 1 amide bonds. The van der Waals surface area contributed by atoms with E-state index in [2.05, 4.69) is 5.10 Å². The number of benzene rings is 1. The minimum Gasteiger partial charge on any atom is -0.467 e. The number of ether oxygens (including phenoxy) is 1. The van der Waals surface area contributed by atoms with Crippen molar-refractivity contribution in [1.29, 1.82) is 0 Å². The number of hydrogen-bond donors (Lipinski definition) is 0. The zero-order chi connectivity index (χ0) is 19.8. The smallest absolute Gasteiger partial charge is 0.333 e. The van der Waals surface area contributed by atoms with Crippen LogP contribution in [0.5, 0.6) is 0 Å². The van der Waals surface area contributed by atoms with Crippen molar-refractivity contribution in [3.63, 3.8) is 0 Å². The Hall–Kier alpha value is -3.00. The standard InChI is InChI=1S/C20H18FN3O3S/c1-23-16(11-15(22-23)12-3-5-13(21)6-4-12)19(25)24-9-7-17-14(8-10-28-17)18(24)20(26)27-2/h3-6,8,10-11,18H,7,9H2,1-2H3. The largest absolute Gasteiger partial charge is 0.467 e. The van der Waals surface area contributed by atoms with Crippen LogP contribution in [0.2, 0.25) is 0 Å². The fraction of sp³-hybridized carbons (Fsp3) is 0.250. The van der Waals surface area contributed by atoms with E-state index < -0.39 is 12.0 Å². The fourth-order valence-electron chi connectivity index (χ4n) is 3.48. The summed E-state index contributed by atoms with van der Waals surface area (Å²) in [7, 11) is 3.00. The molecule has 1 atom stereocenters. The van der Waals surface area contributed by atoms with Gasteiger partial charge in [0.2, 0.25) is 0 Å². The van der Waals surface area contributed by atoms with Crippen LogP contribution in [0.3, 0.4) is 0 Å². The third kappa shape index (κ3) is 3.09. The number of thiophene rings is 1. The van der Waals surface area contributed by atoms with Crippen molar-refractivity contribution in [3.05, 3.63) is 63.7 Å². The topological polar surface area (TPSA) is 64.4 Å². The van der Waals surface area contributed by atoms with Crippen LogP contribution in [-0.2, 0) is 23.0 Å². The van der Waals surface area contributed by atoms with Gasteiger partial charge in [-0.15, -0.1) is 11.3 Å². The highest BCUT2D eigenvalue weighted by molar-refractivity contribution is 7.10. The maximum absolute atomic E-state index is 13.3. The SMILES string of the molecule is COC(=O)C1c2ccsc2CCN1C(=O)c1cc(-c2ccc(F)cc2)nn1C. The number of aromatic nitrogens is 2. The highest BCUT2D eigenvalue weighted by atomic mass is 32.1. The number of methoxy groups -OCH3 is 1. The molecule has 144 valence electrons. The molecule has 0 saturated heterocycles. The molecule has 1 unspecified atom stereocenters. The van der Waals surface area contributed by atoms with Crippen molar-refractivity contribution in [2.45, 2.75) is 12.5 Å². The van der Waals surface area contributed by atoms with Gasteiger partial charge in [0, 0.05) is 24.0 Å². The summed E-state index contributed by atoms with van der Waals surface area (Å²) >= 11 is 1.58. The first-order valence-corrected chi connectivity index (χ1v) is 9.62. The van der Waals surface area contributed by atoms with E-state index in [0.717, 1.165) is 10.4 Å². The number of halogens is 1. The zero-order valence-corrected chi connectivity index (χ0v) is 16.2. The first-order chi connectivity index (χ1) is 13.5. The van der Waals surface area contributed by atoms with E-state index in [1.807, 2.05) is 11.4 Å². The van der Waals surface area contributed by atoms with E-state index in [1.165, 1.54) is 28.8 Å². The van der Waals surface area contributed by atoms with Crippen LogP contribution < -0.4 is 0 Å². The molecule has 0 fully saturated rings. The number of amides is 1. The third-order valence-corrected chi connectivity index (χ3v) is 5.89. The van der Waals surface area contributed by atoms with E-state index in [9.17, 15) is 14.0 Å². The molecule has 1 aliphatic rings. The summed E-state index contributed by atoms with van der Waals surface area (Å²) in [6.45, 7) is 0.420. The minimum atomic E-state index is -0.767. The molecule has 0 saturated carbocycles. The van der Waals surface area contributed by atoms with Gasteiger partial charge in [-0.05, 0) is 53.8 Å². The average molecular weight is 399 g/mol. The van der Waals surface area contributed by atoms with E-state index >= 15 is 0 Å². The summed E-state index contributed by atoms with van der Waals surface area (Å²) in [5.41, 5.74) is 2.44. The molecule has 8 heteroatoms. The highest BCUT2D eigenvalue weighted by Crippen LogP contribution is 2.35. The fourth-order valence-corrected chi connectivity index (χ4v) is 4.38. The Morgan fingerprint density at radius 2 is 2.00 bits per heavy atom. The van der Waals surface area contributed by atoms with Crippen LogP contribution in [0, 0.1) is 5.82 Å². The number of aryl methyl sites for hydroxylation is 1. The predicted octanol–water partition coefficient (Wildman–Crippen LogP) is 3.20. The van der Waals surface area contributed by atoms with Crippen LogP contribution in [-0.4, -0.2) is 40.2 Å². The first kappa shape index (κ1) is 18.4. The van der Waals surface area contributed by atoms with Gasteiger partial charge in [0.25, 0.3) is 5.91 Å². The lowest BCUT2D eigenvalue weighted by Gasteiger charge is -2.33. The van der Waals surface area contributed by atoms with Crippen molar-refractivity contribution in [2.24, 2.45) is 7.05 Å². The van der Waals surface area contributed by atoms with Gasteiger partial charge in [0.05, 0.1) is 12.8 Å². The van der Waals surface area contributed by atoms with Crippen molar-refractivity contribution >= 4 is 23.2 Å². The number of esters is 1. The zero-order valence-electron chi connectivity index (χ0n) is 15.4. The lowest BCUT2D eigenvalue weighted by Crippen LogP contribution is -2.44. The molecule has 28 heavy (non-hydrogen) atoms. The third-order valence-electron chi connectivity index (χ3n) is 4.89. The molecule has 0 spiro atoms. The molecule has 6 nitrogen and oxygen atoms in total. The van der Waals surface area contributed by atoms with Crippen LogP contribution in [0.15, 0.2) is 41.8 Å². The van der Waals surface area contributed by atoms with Gasteiger partial charge in [-0.3, -0.25) is 9.48 Å². The van der Waals surface area contributed by atoms with Crippen LogP contribution >= 0.6 is 11.3 Å². The Bertz CT molecular complexity index is 1040. The molecule has 0 aliphatic carbocycles. The average Bonchev–Trinajstić information content (AvgIpc) is 3.33. The Morgan fingerprint density at radius 3 is 2.71 bits per heavy atom. The molecular weight excluding hydrogens is 381 g/mol.